The summed E-state index contributed by atoms with van der Waals surface area (Å²) in [6.07, 6.45) is 5.52. The van der Waals surface area contributed by atoms with E-state index in [4.69, 9.17) is 18.9 Å². The smallest absolute Gasteiger partial charge is 0.330 e. The van der Waals surface area contributed by atoms with E-state index in [1.807, 2.05) is 19.1 Å². The zero-order valence-electron chi connectivity index (χ0n) is 16.5. The minimum atomic E-state index is -0.438. The van der Waals surface area contributed by atoms with Crippen molar-refractivity contribution in [2.45, 2.75) is 32.6 Å². The van der Waals surface area contributed by atoms with Crippen molar-refractivity contribution >= 4 is 16.7 Å². The van der Waals surface area contributed by atoms with Gasteiger partial charge in [0.1, 0.15) is 24.7 Å². The Balaban J connectivity index is 1.71. The van der Waals surface area contributed by atoms with Gasteiger partial charge < -0.3 is 18.9 Å². The summed E-state index contributed by atoms with van der Waals surface area (Å²) in [6, 6.07) is 8.27. The maximum atomic E-state index is 11.0. The van der Waals surface area contributed by atoms with E-state index in [9.17, 15) is 4.79 Å². The van der Waals surface area contributed by atoms with Crippen LogP contribution in [0.1, 0.15) is 30.9 Å². The van der Waals surface area contributed by atoms with E-state index >= 15 is 0 Å². The van der Waals surface area contributed by atoms with Crippen molar-refractivity contribution < 1.29 is 23.7 Å². The molecule has 0 fully saturated rings. The molecule has 2 aromatic rings. The summed E-state index contributed by atoms with van der Waals surface area (Å²) in [7, 11) is 0. The molecular formula is C23H28O5. The number of carbonyl (C=O) groups is 1. The molecule has 0 atom stereocenters. The molecule has 0 radical (unpaired) electrons. The Morgan fingerprint density at radius 3 is 2.18 bits per heavy atom. The average Bonchev–Trinajstić information content (AvgIpc) is 2.74. The third-order valence-corrected chi connectivity index (χ3v) is 4.83. The number of benzene rings is 2. The third-order valence-electron chi connectivity index (χ3n) is 4.83. The second kappa shape index (κ2) is 10.1. The second-order valence-corrected chi connectivity index (χ2v) is 6.63. The van der Waals surface area contributed by atoms with Crippen LogP contribution >= 0.6 is 0 Å². The summed E-state index contributed by atoms with van der Waals surface area (Å²) < 4.78 is 22.6. The molecule has 0 spiro atoms. The molecule has 0 aromatic heterocycles. The van der Waals surface area contributed by atoms with Crippen molar-refractivity contribution in [3.05, 3.63) is 48.0 Å². The van der Waals surface area contributed by atoms with Crippen molar-refractivity contribution in [2.75, 3.05) is 33.0 Å². The van der Waals surface area contributed by atoms with Gasteiger partial charge in [-0.15, -0.1) is 0 Å². The molecule has 5 nitrogen and oxygen atoms in total. The Morgan fingerprint density at radius 2 is 1.57 bits per heavy atom. The van der Waals surface area contributed by atoms with Crippen LogP contribution in [-0.4, -0.2) is 39.0 Å². The van der Waals surface area contributed by atoms with Gasteiger partial charge in [-0.3, -0.25) is 0 Å². The van der Waals surface area contributed by atoms with E-state index in [0.717, 1.165) is 41.2 Å². The number of fused-ring (bicyclic) bond motifs is 2. The number of ether oxygens (including phenoxy) is 4. The lowest BCUT2D eigenvalue weighted by Crippen LogP contribution is -2.15. The highest BCUT2D eigenvalue weighted by atomic mass is 16.6. The minimum Gasteiger partial charge on any atom is -0.493 e. The van der Waals surface area contributed by atoms with E-state index in [1.165, 1.54) is 24.0 Å². The van der Waals surface area contributed by atoms with Crippen LogP contribution in [0.4, 0.5) is 0 Å². The molecule has 0 N–H and O–H groups in total. The fraction of sp³-hybridized carbons (Fsp3) is 0.435. The first-order valence-corrected chi connectivity index (χ1v) is 9.95. The van der Waals surface area contributed by atoms with Gasteiger partial charge in [-0.1, -0.05) is 30.8 Å². The highest BCUT2D eigenvalue weighted by Crippen LogP contribution is 2.44. The minimum absolute atomic E-state index is 0.215. The van der Waals surface area contributed by atoms with Crippen molar-refractivity contribution in [3.8, 4) is 11.5 Å². The van der Waals surface area contributed by atoms with E-state index in [-0.39, 0.29) is 6.61 Å². The number of carbonyl (C=O) groups excluding carboxylic acids is 1. The van der Waals surface area contributed by atoms with Gasteiger partial charge in [0.15, 0.2) is 0 Å². The lowest BCUT2D eigenvalue weighted by Gasteiger charge is -2.25. The number of rotatable bonds is 10. The van der Waals surface area contributed by atoms with Crippen molar-refractivity contribution in [3.63, 3.8) is 0 Å². The molecule has 1 aliphatic carbocycles. The Labute approximate surface area is 166 Å². The molecular weight excluding hydrogens is 356 g/mol. The molecule has 3 rings (SSSR count). The molecule has 0 aliphatic heterocycles. The Bertz CT molecular complexity index is 827. The normalized spacial score (nSPS) is 13.0. The Hall–Kier alpha value is -2.53. The first-order chi connectivity index (χ1) is 13.8. The van der Waals surface area contributed by atoms with Gasteiger partial charge in [0.2, 0.25) is 0 Å². The van der Waals surface area contributed by atoms with Gasteiger partial charge in [-0.2, -0.15) is 0 Å². The van der Waals surface area contributed by atoms with Crippen LogP contribution in [0, 0.1) is 0 Å². The summed E-state index contributed by atoms with van der Waals surface area (Å²) in [5, 5.41) is 2.20. The predicted molar refractivity (Wildman–Crippen MR) is 109 cm³/mol. The quantitative estimate of drug-likeness (QED) is 0.348. The van der Waals surface area contributed by atoms with Crippen LogP contribution in [0.25, 0.3) is 10.8 Å². The molecule has 0 unspecified atom stereocenters. The summed E-state index contributed by atoms with van der Waals surface area (Å²) >= 11 is 0. The van der Waals surface area contributed by atoms with Crippen LogP contribution in [0.5, 0.6) is 11.5 Å². The first-order valence-electron chi connectivity index (χ1n) is 9.95. The maximum Gasteiger partial charge on any atom is 0.330 e. The van der Waals surface area contributed by atoms with E-state index in [0.29, 0.717) is 26.4 Å². The highest BCUT2D eigenvalue weighted by molar-refractivity contribution is 5.96. The summed E-state index contributed by atoms with van der Waals surface area (Å²) in [5.74, 6) is 1.53. The Morgan fingerprint density at radius 1 is 0.964 bits per heavy atom. The Kier molecular flexibility index (Phi) is 7.31. The van der Waals surface area contributed by atoms with Gasteiger partial charge in [0, 0.05) is 28.0 Å². The van der Waals surface area contributed by atoms with E-state index in [1.54, 1.807) is 0 Å². The zero-order chi connectivity index (χ0) is 19.8. The van der Waals surface area contributed by atoms with Gasteiger partial charge in [0.05, 0.1) is 19.8 Å². The van der Waals surface area contributed by atoms with Gasteiger partial charge in [-0.25, -0.2) is 4.79 Å². The largest absolute Gasteiger partial charge is 0.493 e. The standard InChI is InChI=1S/C23H28O5/c1-3-21(24)27-15-13-25-14-16-28-23-19-11-7-5-9-17(19)22(26-4-2)18-10-6-8-12-20(18)23/h3,5,7,9,11H,1,4,6,8,10,12-16H2,2H3. The summed E-state index contributed by atoms with van der Waals surface area (Å²) in [6.45, 7) is 7.47. The van der Waals surface area contributed by atoms with E-state index < -0.39 is 5.97 Å². The van der Waals surface area contributed by atoms with Crippen LogP contribution < -0.4 is 9.47 Å². The topological polar surface area (TPSA) is 54.0 Å². The molecule has 1 aliphatic rings. The molecule has 0 heterocycles. The number of esters is 1. The molecule has 0 saturated carbocycles. The van der Waals surface area contributed by atoms with Crippen LogP contribution in [0.2, 0.25) is 0 Å². The molecule has 150 valence electrons. The van der Waals surface area contributed by atoms with Crippen LogP contribution in [0.3, 0.4) is 0 Å². The molecule has 5 heteroatoms. The van der Waals surface area contributed by atoms with Gasteiger partial charge in [-0.05, 0) is 32.6 Å². The third kappa shape index (κ3) is 4.65. The van der Waals surface area contributed by atoms with Gasteiger partial charge in [0.25, 0.3) is 0 Å². The molecule has 0 bridgehead atoms. The molecule has 2 aromatic carbocycles. The van der Waals surface area contributed by atoms with Crippen LogP contribution in [-0.2, 0) is 27.1 Å². The average molecular weight is 384 g/mol. The maximum absolute atomic E-state index is 11.0. The fourth-order valence-electron chi connectivity index (χ4n) is 3.65. The molecule has 28 heavy (non-hydrogen) atoms. The SMILES string of the molecule is C=CC(=O)OCCOCCOc1c2c(c(OCC)c3ccccc13)CCCC2. The van der Waals surface area contributed by atoms with Crippen molar-refractivity contribution in [2.24, 2.45) is 0 Å². The van der Waals surface area contributed by atoms with E-state index in [2.05, 4.69) is 18.7 Å². The van der Waals surface area contributed by atoms with Crippen molar-refractivity contribution in [1.82, 2.24) is 0 Å². The lowest BCUT2D eigenvalue weighted by molar-refractivity contribution is -0.139. The second-order valence-electron chi connectivity index (χ2n) is 6.63. The summed E-state index contributed by atoms with van der Waals surface area (Å²) in [5.41, 5.74) is 2.56. The number of hydrogen-bond donors (Lipinski definition) is 0. The number of hydrogen-bond acceptors (Lipinski definition) is 5. The molecule has 0 saturated heterocycles. The lowest BCUT2D eigenvalue weighted by atomic mass is 9.87. The fourth-order valence-corrected chi connectivity index (χ4v) is 3.65. The van der Waals surface area contributed by atoms with Crippen LogP contribution in [0.15, 0.2) is 36.9 Å². The zero-order valence-corrected chi connectivity index (χ0v) is 16.5. The predicted octanol–water partition coefficient (Wildman–Crippen LogP) is 4.24. The monoisotopic (exact) mass is 384 g/mol. The summed E-state index contributed by atoms with van der Waals surface area (Å²) in [4.78, 5) is 11.0. The van der Waals surface area contributed by atoms with Gasteiger partial charge >= 0.3 is 5.97 Å². The van der Waals surface area contributed by atoms with Crippen molar-refractivity contribution in [1.29, 1.82) is 0 Å². The first kappa shape index (κ1) is 20.2. The highest BCUT2D eigenvalue weighted by Gasteiger charge is 2.23. The molecule has 0 amide bonds.